The predicted molar refractivity (Wildman–Crippen MR) is 110 cm³/mol. The fraction of sp³-hybridized carbons (Fsp3) is 0.500. The molecule has 2 atom stereocenters. The van der Waals surface area contributed by atoms with Crippen LogP contribution >= 0.6 is 0 Å². The number of pyridine rings is 1. The zero-order chi connectivity index (χ0) is 22.9. The number of nitrogens with one attached hydrogen (secondary N) is 1. The molecular weight excluding hydrogens is 426 g/mol. The van der Waals surface area contributed by atoms with Crippen LogP contribution in [0.5, 0.6) is 0 Å². The normalized spacial score (nSPS) is 22.8. The van der Waals surface area contributed by atoms with Crippen LogP contribution < -0.4 is 5.32 Å². The third-order valence-corrected chi connectivity index (χ3v) is 6.10. The molecule has 0 spiro atoms. The highest BCUT2D eigenvalue weighted by atomic mass is 19.4. The van der Waals surface area contributed by atoms with Crippen LogP contribution in [0.3, 0.4) is 0 Å². The summed E-state index contributed by atoms with van der Waals surface area (Å²) < 4.78 is 53.5. The summed E-state index contributed by atoms with van der Waals surface area (Å²) in [5.41, 5.74) is -0.254. The summed E-state index contributed by atoms with van der Waals surface area (Å²) in [7, 11) is 0. The van der Waals surface area contributed by atoms with Crippen molar-refractivity contribution in [2.75, 3.05) is 31.5 Å². The third-order valence-electron chi connectivity index (χ3n) is 6.10. The molecular formula is C22H23F4N5O. The molecule has 0 saturated carbocycles. The maximum atomic E-state index is 13.6. The molecule has 10 heteroatoms. The lowest BCUT2D eigenvalue weighted by Crippen LogP contribution is -2.46. The lowest BCUT2D eigenvalue weighted by Gasteiger charge is -2.33. The van der Waals surface area contributed by atoms with Crippen molar-refractivity contribution >= 4 is 22.5 Å². The number of carbonyl (C=O) groups is 1. The largest absolute Gasteiger partial charge is 0.418 e. The number of anilines is 1. The van der Waals surface area contributed by atoms with Crippen molar-refractivity contribution in [1.82, 2.24) is 14.8 Å². The molecule has 0 radical (unpaired) electrons. The quantitative estimate of drug-likeness (QED) is 0.723. The smallest absolute Gasteiger partial charge is 0.382 e. The topological polar surface area (TPSA) is 72.3 Å². The van der Waals surface area contributed by atoms with E-state index in [2.05, 4.69) is 10.3 Å². The summed E-state index contributed by atoms with van der Waals surface area (Å²) in [5.74, 6) is -0.247. The number of amides is 1. The fourth-order valence-electron chi connectivity index (χ4n) is 4.45. The van der Waals surface area contributed by atoms with Gasteiger partial charge in [-0.2, -0.15) is 18.4 Å². The molecule has 2 saturated heterocycles. The molecule has 1 amide bonds. The number of hydrogen-bond acceptors (Lipinski definition) is 5. The van der Waals surface area contributed by atoms with Crippen LogP contribution in [0.15, 0.2) is 30.5 Å². The Kier molecular flexibility index (Phi) is 6.20. The van der Waals surface area contributed by atoms with Crippen molar-refractivity contribution in [1.29, 1.82) is 5.26 Å². The van der Waals surface area contributed by atoms with Crippen LogP contribution in [0.1, 0.15) is 24.8 Å². The number of aromatic nitrogens is 1. The third kappa shape index (κ3) is 4.63. The lowest BCUT2D eigenvalue weighted by molar-refractivity contribution is -0.136. The standard InChI is InChI=1S/C22H23F4N5O/c23-14-10-16(11-27)31(12-14)20(32)13-30-8-5-15(6-9-30)29-19-4-3-18(22(24,25)26)21-17(19)2-1-7-28-21/h1-4,7,14-16,29H,5-6,8-10,12-13H2/t14-,16-/m0/s1. The molecule has 32 heavy (non-hydrogen) atoms. The van der Waals surface area contributed by atoms with E-state index >= 15 is 0 Å². The van der Waals surface area contributed by atoms with Gasteiger partial charge >= 0.3 is 6.18 Å². The van der Waals surface area contributed by atoms with Crippen molar-refractivity contribution in [3.8, 4) is 6.07 Å². The molecule has 4 rings (SSSR count). The Bertz CT molecular complexity index is 1030. The van der Waals surface area contributed by atoms with Crippen molar-refractivity contribution in [2.45, 2.75) is 43.7 Å². The minimum absolute atomic E-state index is 0.0374. The van der Waals surface area contributed by atoms with Crippen LogP contribution in [0, 0.1) is 11.3 Å². The Hall–Kier alpha value is -2.93. The van der Waals surface area contributed by atoms with Gasteiger partial charge in [0.25, 0.3) is 0 Å². The molecule has 1 aromatic heterocycles. The molecule has 1 aromatic carbocycles. The fourth-order valence-corrected chi connectivity index (χ4v) is 4.45. The van der Waals surface area contributed by atoms with Crippen molar-refractivity contribution in [3.05, 3.63) is 36.0 Å². The summed E-state index contributed by atoms with van der Waals surface area (Å²) in [5, 5.41) is 12.9. The average molecular weight is 449 g/mol. The number of alkyl halides is 4. The van der Waals surface area contributed by atoms with E-state index in [9.17, 15) is 22.4 Å². The number of halogens is 4. The van der Waals surface area contributed by atoms with Crippen LogP contribution in [0.25, 0.3) is 10.9 Å². The van der Waals surface area contributed by atoms with Gasteiger partial charge in [0.2, 0.25) is 5.91 Å². The Morgan fingerprint density at radius 3 is 2.69 bits per heavy atom. The Morgan fingerprint density at radius 2 is 2.00 bits per heavy atom. The van der Waals surface area contributed by atoms with E-state index in [4.69, 9.17) is 5.26 Å². The second-order valence-corrected chi connectivity index (χ2v) is 8.28. The Labute approximate surface area is 182 Å². The zero-order valence-electron chi connectivity index (χ0n) is 17.3. The number of fused-ring (bicyclic) bond motifs is 1. The van der Waals surface area contributed by atoms with Crippen molar-refractivity contribution in [2.24, 2.45) is 0 Å². The van der Waals surface area contributed by atoms with Crippen molar-refractivity contribution < 1.29 is 22.4 Å². The zero-order valence-corrected chi connectivity index (χ0v) is 17.3. The number of benzene rings is 1. The Morgan fingerprint density at radius 1 is 1.25 bits per heavy atom. The average Bonchev–Trinajstić information content (AvgIpc) is 3.15. The number of piperidine rings is 1. The van der Waals surface area contributed by atoms with Gasteiger partial charge in [-0.3, -0.25) is 14.7 Å². The van der Waals surface area contributed by atoms with E-state index in [0.29, 0.717) is 37.0 Å². The molecule has 170 valence electrons. The monoisotopic (exact) mass is 449 g/mol. The van der Waals surface area contributed by atoms with Gasteiger partial charge in [-0.25, -0.2) is 4.39 Å². The molecule has 2 aromatic rings. The van der Waals surface area contributed by atoms with Gasteiger partial charge in [-0.05, 0) is 37.1 Å². The highest BCUT2D eigenvalue weighted by molar-refractivity contribution is 5.93. The van der Waals surface area contributed by atoms with Gasteiger partial charge in [0.15, 0.2) is 0 Å². The summed E-state index contributed by atoms with van der Waals surface area (Å²) in [6.07, 6.45) is -2.84. The first-order valence-electron chi connectivity index (χ1n) is 10.5. The van der Waals surface area contributed by atoms with E-state index in [1.165, 1.54) is 17.2 Å². The summed E-state index contributed by atoms with van der Waals surface area (Å²) in [6.45, 7) is 1.32. The van der Waals surface area contributed by atoms with E-state index in [1.54, 1.807) is 12.1 Å². The van der Waals surface area contributed by atoms with E-state index in [1.807, 2.05) is 11.0 Å². The second-order valence-electron chi connectivity index (χ2n) is 8.28. The van der Waals surface area contributed by atoms with Gasteiger partial charge in [0.05, 0.1) is 30.2 Å². The minimum Gasteiger partial charge on any atom is -0.382 e. The van der Waals surface area contributed by atoms with E-state index < -0.39 is 24.0 Å². The molecule has 0 bridgehead atoms. The van der Waals surface area contributed by atoms with Gasteiger partial charge in [0.1, 0.15) is 12.2 Å². The number of carbonyl (C=O) groups excluding carboxylic acids is 1. The van der Waals surface area contributed by atoms with Crippen LogP contribution in [-0.4, -0.2) is 65.1 Å². The summed E-state index contributed by atoms with van der Waals surface area (Å²) in [6, 6.07) is 7.02. The molecule has 2 aliphatic rings. The maximum Gasteiger partial charge on any atom is 0.418 e. The lowest BCUT2D eigenvalue weighted by atomic mass is 10.0. The molecule has 1 N–H and O–H groups in total. The van der Waals surface area contributed by atoms with Crippen molar-refractivity contribution in [3.63, 3.8) is 0 Å². The predicted octanol–water partition coefficient (Wildman–Crippen LogP) is 3.59. The molecule has 3 heterocycles. The highest BCUT2D eigenvalue weighted by Crippen LogP contribution is 2.37. The minimum atomic E-state index is -4.48. The number of nitrogens with zero attached hydrogens (tertiary/aromatic N) is 4. The van der Waals surface area contributed by atoms with Gasteiger partial charge in [-0.1, -0.05) is 0 Å². The van der Waals surface area contributed by atoms with E-state index in [0.717, 1.165) is 6.07 Å². The van der Waals surface area contributed by atoms with Crippen LogP contribution in [0.4, 0.5) is 23.2 Å². The molecule has 0 unspecified atom stereocenters. The van der Waals surface area contributed by atoms with Gasteiger partial charge in [-0.15, -0.1) is 0 Å². The first kappa shape index (κ1) is 22.3. The van der Waals surface area contributed by atoms with Gasteiger partial charge < -0.3 is 10.2 Å². The first-order valence-corrected chi connectivity index (χ1v) is 10.5. The summed E-state index contributed by atoms with van der Waals surface area (Å²) >= 11 is 0. The second kappa shape index (κ2) is 8.90. The Balaban J connectivity index is 1.37. The summed E-state index contributed by atoms with van der Waals surface area (Å²) in [4.78, 5) is 19.7. The SMILES string of the molecule is N#C[C@@H]1C[C@H](F)CN1C(=O)CN1CCC(Nc2ccc(C(F)(F)F)c3ncccc23)CC1. The molecule has 2 fully saturated rings. The highest BCUT2D eigenvalue weighted by Gasteiger charge is 2.36. The maximum absolute atomic E-state index is 13.6. The van der Waals surface area contributed by atoms with Crippen LogP contribution in [0.2, 0.25) is 0 Å². The molecule has 0 aliphatic carbocycles. The van der Waals surface area contributed by atoms with Gasteiger partial charge in [0, 0.05) is 42.8 Å². The van der Waals surface area contributed by atoms with Crippen LogP contribution in [-0.2, 0) is 11.0 Å². The number of rotatable bonds is 4. The first-order chi connectivity index (χ1) is 15.3. The molecule has 2 aliphatic heterocycles. The number of likely N-dealkylation sites (tertiary alicyclic amines) is 2. The molecule has 6 nitrogen and oxygen atoms in total. The number of nitriles is 1. The number of hydrogen-bond donors (Lipinski definition) is 1. The van der Waals surface area contributed by atoms with E-state index in [-0.39, 0.29) is 37.0 Å².